The van der Waals surface area contributed by atoms with Crippen LogP contribution in [-0.4, -0.2) is 5.91 Å². The van der Waals surface area contributed by atoms with Gasteiger partial charge < -0.3 is 5.32 Å². The average Bonchev–Trinajstić information content (AvgIpc) is 2.41. The van der Waals surface area contributed by atoms with E-state index in [1.807, 2.05) is 0 Å². The summed E-state index contributed by atoms with van der Waals surface area (Å²) in [6.07, 6.45) is 0. The van der Waals surface area contributed by atoms with E-state index in [-0.39, 0.29) is 16.8 Å². The Hall–Kier alpha value is -2.74. The van der Waals surface area contributed by atoms with Crippen LogP contribution < -0.4 is 5.32 Å². The van der Waals surface area contributed by atoms with Gasteiger partial charge in [0.05, 0.1) is 11.1 Å². The number of carbonyl (C=O) groups is 1. The molecule has 19 heavy (non-hydrogen) atoms. The molecule has 0 unspecified atom stereocenters. The number of nitrogens with one attached hydrogen (secondary N) is 1. The highest BCUT2D eigenvalue weighted by Gasteiger charge is 2.11. The average molecular weight is 258 g/mol. The lowest BCUT2D eigenvalue weighted by Gasteiger charge is -2.06. The van der Waals surface area contributed by atoms with Gasteiger partial charge in [-0.1, -0.05) is 12.1 Å². The molecule has 3 nitrogen and oxygen atoms in total. The Kier molecular flexibility index (Phi) is 3.53. The van der Waals surface area contributed by atoms with Crippen molar-refractivity contribution in [2.24, 2.45) is 0 Å². The van der Waals surface area contributed by atoms with Crippen molar-refractivity contribution in [3.63, 3.8) is 0 Å². The van der Waals surface area contributed by atoms with Crippen LogP contribution in [0.25, 0.3) is 0 Å². The summed E-state index contributed by atoms with van der Waals surface area (Å²) in [4.78, 5) is 11.8. The second-order valence-electron chi connectivity index (χ2n) is 3.74. The van der Waals surface area contributed by atoms with Gasteiger partial charge in [0.1, 0.15) is 17.7 Å². The van der Waals surface area contributed by atoms with Gasteiger partial charge in [-0.05, 0) is 30.3 Å². The van der Waals surface area contributed by atoms with Crippen LogP contribution in [0.15, 0.2) is 42.5 Å². The molecule has 0 aromatic heterocycles. The van der Waals surface area contributed by atoms with Crippen molar-refractivity contribution < 1.29 is 13.6 Å². The highest BCUT2D eigenvalue weighted by atomic mass is 19.1. The molecule has 0 aliphatic carbocycles. The minimum absolute atomic E-state index is 0.120. The second-order valence-corrected chi connectivity index (χ2v) is 3.74. The summed E-state index contributed by atoms with van der Waals surface area (Å²) in [5.74, 6) is -1.98. The van der Waals surface area contributed by atoms with Gasteiger partial charge in [0, 0.05) is 5.69 Å². The molecule has 0 fully saturated rings. The minimum Gasteiger partial charge on any atom is -0.322 e. The molecule has 0 bridgehead atoms. The molecular weight excluding hydrogens is 250 g/mol. The van der Waals surface area contributed by atoms with Gasteiger partial charge >= 0.3 is 0 Å². The fourth-order valence-electron chi connectivity index (χ4n) is 1.53. The molecule has 2 aromatic carbocycles. The number of hydrogen-bond acceptors (Lipinski definition) is 2. The van der Waals surface area contributed by atoms with Gasteiger partial charge in [-0.3, -0.25) is 4.79 Å². The van der Waals surface area contributed by atoms with E-state index in [2.05, 4.69) is 5.32 Å². The molecule has 0 atom stereocenters. The summed E-state index contributed by atoms with van der Waals surface area (Å²) in [5.41, 5.74) is -0.0807. The molecule has 1 amide bonds. The summed E-state index contributed by atoms with van der Waals surface area (Å²) in [5, 5.41) is 11.1. The SMILES string of the molecule is N#Cc1cc(NC(=O)c2ccccc2F)ccc1F. The summed E-state index contributed by atoms with van der Waals surface area (Å²) in [7, 11) is 0. The molecule has 0 saturated heterocycles. The fourth-order valence-corrected chi connectivity index (χ4v) is 1.53. The number of nitriles is 1. The van der Waals surface area contributed by atoms with Crippen molar-refractivity contribution >= 4 is 11.6 Å². The third-order valence-electron chi connectivity index (χ3n) is 2.46. The molecule has 0 heterocycles. The third-order valence-corrected chi connectivity index (χ3v) is 2.46. The van der Waals surface area contributed by atoms with Crippen LogP contribution in [0, 0.1) is 23.0 Å². The third kappa shape index (κ3) is 2.75. The van der Waals surface area contributed by atoms with Crippen molar-refractivity contribution in [3.05, 3.63) is 65.2 Å². The zero-order chi connectivity index (χ0) is 13.8. The van der Waals surface area contributed by atoms with Crippen LogP contribution in [0.4, 0.5) is 14.5 Å². The van der Waals surface area contributed by atoms with Crippen LogP contribution in [0.3, 0.4) is 0 Å². The molecule has 0 spiro atoms. The van der Waals surface area contributed by atoms with Gasteiger partial charge in [-0.25, -0.2) is 8.78 Å². The summed E-state index contributed by atoms with van der Waals surface area (Å²) in [6, 6.07) is 10.7. The first-order valence-electron chi connectivity index (χ1n) is 5.37. The summed E-state index contributed by atoms with van der Waals surface area (Å²) >= 11 is 0. The highest BCUT2D eigenvalue weighted by molar-refractivity contribution is 6.04. The summed E-state index contributed by atoms with van der Waals surface area (Å²) in [6.45, 7) is 0. The smallest absolute Gasteiger partial charge is 0.258 e. The summed E-state index contributed by atoms with van der Waals surface area (Å²) < 4.78 is 26.5. The van der Waals surface area contributed by atoms with Crippen molar-refractivity contribution in [2.75, 3.05) is 5.32 Å². The maximum atomic E-state index is 13.4. The first kappa shape index (κ1) is 12.7. The largest absolute Gasteiger partial charge is 0.322 e. The molecule has 2 rings (SSSR count). The van der Waals surface area contributed by atoms with Crippen molar-refractivity contribution in [1.29, 1.82) is 5.26 Å². The van der Waals surface area contributed by atoms with Gasteiger partial charge in [0.2, 0.25) is 0 Å². The zero-order valence-electron chi connectivity index (χ0n) is 9.65. The Morgan fingerprint density at radius 2 is 1.84 bits per heavy atom. The minimum atomic E-state index is -0.675. The van der Waals surface area contributed by atoms with E-state index in [9.17, 15) is 13.6 Å². The molecule has 94 valence electrons. The van der Waals surface area contributed by atoms with Crippen LogP contribution in [0.1, 0.15) is 15.9 Å². The number of hydrogen-bond donors (Lipinski definition) is 1. The zero-order valence-corrected chi connectivity index (χ0v) is 9.65. The number of benzene rings is 2. The topological polar surface area (TPSA) is 52.9 Å². The van der Waals surface area contributed by atoms with E-state index in [0.29, 0.717) is 0 Å². The van der Waals surface area contributed by atoms with Gasteiger partial charge in [0.15, 0.2) is 0 Å². The number of anilines is 1. The molecule has 0 saturated carbocycles. The number of nitrogens with zero attached hydrogens (tertiary/aromatic N) is 1. The van der Waals surface area contributed by atoms with E-state index in [4.69, 9.17) is 5.26 Å². The van der Waals surface area contributed by atoms with Gasteiger partial charge in [0.25, 0.3) is 5.91 Å². The standard InChI is InChI=1S/C14H8F2N2O/c15-12-6-5-10(7-9(12)8-17)18-14(19)11-3-1-2-4-13(11)16/h1-7H,(H,18,19). The van der Waals surface area contributed by atoms with Crippen molar-refractivity contribution in [2.45, 2.75) is 0 Å². The maximum Gasteiger partial charge on any atom is 0.258 e. The van der Waals surface area contributed by atoms with Crippen molar-refractivity contribution in [1.82, 2.24) is 0 Å². The van der Waals surface area contributed by atoms with Crippen LogP contribution in [0.2, 0.25) is 0 Å². The fraction of sp³-hybridized carbons (Fsp3) is 0. The Morgan fingerprint density at radius 1 is 1.11 bits per heavy atom. The maximum absolute atomic E-state index is 13.4. The Bertz CT molecular complexity index is 677. The van der Waals surface area contributed by atoms with Crippen molar-refractivity contribution in [3.8, 4) is 6.07 Å². The first-order valence-corrected chi connectivity index (χ1v) is 5.37. The lowest BCUT2D eigenvalue weighted by Crippen LogP contribution is -2.13. The van der Waals surface area contributed by atoms with Gasteiger partial charge in [-0.2, -0.15) is 5.26 Å². The Morgan fingerprint density at radius 3 is 2.53 bits per heavy atom. The number of carbonyl (C=O) groups excluding carboxylic acids is 1. The molecule has 1 N–H and O–H groups in total. The van der Waals surface area contributed by atoms with Crippen LogP contribution in [0.5, 0.6) is 0 Å². The number of rotatable bonds is 2. The molecular formula is C14H8F2N2O. The number of halogens is 2. The quantitative estimate of drug-likeness (QED) is 0.899. The normalized spacial score (nSPS) is 9.74. The van der Waals surface area contributed by atoms with E-state index in [1.54, 1.807) is 6.07 Å². The predicted molar refractivity (Wildman–Crippen MR) is 65.5 cm³/mol. The lowest BCUT2D eigenvalue weighted by molar-refractivity contribution is 0.102. The van der Waals surface area contributed by atoms with E-state index in [0.717, 1.165) is 6.07 Å². The predicted octanol–water partition coefficient (Wildman–Crippen LogP) is 3.09. The van der Waals surface area contributed by atoms with Crippen LogP contribution >= 0.6 is 0 Å². The van der Waals surface area contributed by atoms with E-state index in [1.165, 1.54) is 36.4 Å². The highest BCUT2D eigenvalue weighted by Crippen LogP contribution is 2.16. The van der Waals surface area contributed by atoms with Crippen LogP contribution in [-0.2, 0) is 0 Å². The molecule has 2 aromatic rings. The lowest BCUT2D eigenvalue weighted by atomic mass is 10.1. The molecule has 0 aliphatic heterocycles. The van der Waals surface area contributed by atoms with Gasteiger partial charge in [-0.15, -0.1) is 0 Å². The van der Waals surface area contributed by atoms with E-state index < -0.39 is 17.5 Å². The van der Waals surface area contributed by atoms with E-state index >= 15 is 0 Å². The molecule has 5 heteroatoms. The Balaban J connectivity index is 2.25. The number of amides is 1. The second kappa shape index (κ2) is 5.27. The molecule has 0 radical (unpaired) electrons. The first-order chi connectivity index (χ1) is 9.11. The monoisotopic (exact) mass is 258 g/mol. The molecule has 0 aliphatic rings. The Labute approximate surface area is 108 Å².